The van der Waals surface area contributed by atoms with Crippen LogP contribution in [-0.2, 0) is 65.4 Å². The van der Waals surface area contributed by atoms with Crippen LogP contribution in [0.25, 0.3) is 0 Å². The van der Waals surface area contributed by atoms with Crippen LogP contribution in [0.4, 0.5) is 0 Å². The van der Waals surface area contributed by atoms with Crippen LogP contribution in [0.5, 0.6) is 0 Å². The highest BCUT2D eigenvalue weighted by Gasteiger charge is 2.30. The highest BCUT2D eigenvalue weighted by atomic mass is 31.2. The van der Waals surface area contributed by atoms with Gasteiger partial charge in [0.15, 0.2) is 12.2 Å². The van der Waals surface area contributed by atoms with Gasteiger partial charge in [-0.2, -0.15) is 0 Å². The van der Waals surface area contributed by atoms with E-state index >= 15 is 0 Å². The monoisotopic (exact) mass is 1280 g/mol. The number of hydrogen-bond donors (Lipinski definition) is 3. The molecule has 6 atom stereocenters. The number of unbranched alkanes of at least 4 members (excludes halogenated alkanes) is 39. The fourth-order valence-corrected chi connectivity index (χ4v) is 11.8. The first-order valence-electron chi connectivity index (χ1n) is 35.7. The van der Waals surface area contributed by atoms with Gasteiger partial charge in [0.2, 0.25) is 0 Å². The number of rotatable bonds is 68. The molecule has 0 aromatic carbocycles. The van der Waals surface area contributed by atoms with Gasteiger partial charge in [0, 0.05) is 25.7 Å². The lowest BCUT2D eigenvalue weighted by atomic mass is 10.00. The molecule has 0 saturated heterocycles. The van der Waals surface area contributed by atoms with E-state index in [1.54, 1.807) is 0 Å². The van der Waals surface area contributed by atoms with Gasteiger partial charge in [-0.1, -0.05) is 298 Å². The number of esters is 4. The van der Waals surface area contributed by atoms with Gasteiger partial charge < -0.3 is 33.8 Å². The number of carbonyl (C=O) groups is 4. The predicted octanol–water partition coefficient (Wildman–Crippen LogP) is 19.4. The van der Waals surface area contributed by atoms with Crippen molar-refractivity contribution in [1.29, 1.82) is 0 Å². The SMILES string of the molecule is CCCCCCCCCCCCCCCCCCCCCCC(=O)O[C@H](COC(=O)CCCCCCCCCCCCCC)COP(=O)(O)OC[C@@H](O)COP(=O)(O)OC[C@@H](COC(=O)CCCCCCC)OC(=O)CCCCCCCCC(C)CC. The Balaban J connectivity index is 5.12. The molecule has 0 aliphatic heterocycles. The van der Waals surface area contributed by atoms with Crippen molar-refractivity contribution < 1.29 is 80.2 Å². The molecule has 0 aromatic rings. The van der Waals surface area contributed by atoms with Crippen molar-refractivity contribution >= 4 is 39.5 Å². The van der Waals surface area contributed by atoms with Crippen molar-refractivity contribution in [3.05, 3.63) is 0 Å². The van der Waals surface area contributed by atoms with E-state index in [9.17, 15) is 43.2 Å². The van der Waals surface area contributed by atoms with E-state index in [4.69, 9.17) is 37.0 Å². The van der Waals surface area contributed by atoms with Gasteiger partial charge in [0.05, 0.1) is 26.4 Å². The van der Waals surface area contributed by atoms with Crippen molar-refractivity contribution in [2.24, 2.45) is 5.92 Å². The van der Waals surface area contributed by atoms with Gasteiger partial charge in [-0.15, -0.1) is 0 Å². The molecule has 0 aliphatic rings. The molecule has 516 valence electrons. The molecule has 0 saturated carbocycles. The fraction of sp³-hybridized carbons (Fsp3) is 0.941. The molecular formula is C68H132O17P2. The van der Waals surface area contributed by atoms with Gasteiger partial charge in [-0.25, -0.2) is 9.13 Å². The number of phosphoric acid groups is 2. The minimum Gasteiger partial charge on any atom is -0.462 e. The van der Waals surface area contributed by atoms with Crippen LogP contribution in [0.2, 0.25) is 0 Å². The van der Waals surface area contributed by atoms with Crippen molar-refractivity contribution in [2.75, 3.05) is 39.6 Å². The highest BCUT2D eigenvalue weighted by molar-refractivity contribution is 7.47. The molecule has 0 heterocycles. The van der Waals surface area contributed by atoms with Crippen molar-refractivity contribution in [2.45, 2.75) is 368 Å². The van der Waals surface area contributed by atoms with Crippen LogP contribution in [-0.4, -0.2) is 96.7 Å². The van der Waals surface area contributed by atoms with Gasteiger partial charge in [0.25, 0.3) is 0 Å². The predicted molar refractivity (Wildman–Crippen MR) is 349 cm³/mol. The van der Waals surface area contributed by atoms with E-state index in [0.717, 1.165) is 102 Å². The average molecular weight is 1280 g/mol. The molecule has 17 nitrogen and oxygen atoms in total. The molecule has 0 spiro atoms. The summed E-state index contributed by atoms with van der Waals surface area (Å²) < 4.78 is 67.9. The van der Waals surface area contributed by atoms with E-state index in [1.807, 2.05) is 0 Å². The topological polar surface area (TPSA) is 237 Å². The molecule has 87 heavy (non-hydrogen) atoms. The Bertz CT molecular complexity index is 1690. The second-order valence-electron chi connectivity index (χ2n) is 24.8. The third kappa shape index (κ3) is 61.3. The Morgan fingerprint density at radius 1 is 0.322 bits per heavy atom. The Morgan fingerprint density at radius 2 is 0.552 bits per heavy atom. The van der Waals surface area contributed by atoms with Gasteiger partial charge >= 0.3 is 39.5 Å². The Labute approximate surface area is 530 Å². The molecule has 0 aromatic heterocycles. The maximum Gasteiger partial charge on any atom is 0.472 e. The number of aliphatic hydroxyl groups is 1. The number of aliphatic hydroxyl groups excluding tert-OH is 1. The molecule has 0 rings (SSSR count). The summed E-state index contributed by atoms with van der Waals surface area (Å²) in [6.45, 7) is 7.09. The van der Waals surface area contributed by atoms with E-state index in [-0.39, 0.29) is 25.7 Å². The van der Waals surface area contributed by atoms with Crippen LogP contribution in [0.15, 0.2) is 0 Å². The first-order chi connectivity index (χ1) is 42.1. The van der Waals surface area contributed by atoms with Crippen molar-refractivity contribution in [1.82, 2.24) is 0 Å². The maximum absolute atomic E-state index is 13.0. The summed E-state index contributed by atoms with van der Waals surface area (Å²) in [7, 11) is -9.88. The summed E-state index contributed by atoms with van der Waals surface area (Å²) >= 11 is 0. The van der Waals surface area contributed by atoms with E-state index in [1.165, 1.54) is 167 Å². The summed E-state index contributed by atoms with van der Waals surface area (Å²) in [6.07, 6.45) is 47.7. The van der Waals surface area contributed by atoms with Gasteiger partial charge in [-0.3, -0.25) is 37.3 Å². The highest BCUT2D eigenvalue weighted by Crippen LogP contribution is 2.45. The zero-order chi connectivity index (χ0) is 64.2. The number of carbonyl (C=O) groups excluding carboxylic acids is 4. The average Bonchev–Trinajstić information content (AvgIpc) is 3.71. The molecule has 3 N–H and O–H groups in total. The minimum absolute atomic E-state index is 0.102. The number of phosphoric ester groups is 2. The van der Waals surface area contributed by atoms with E-state index < -0.39 is 97.5 Å². The number of hydrogen-bond acceptors (Lipinski definition) is 15. The lowest BCUT2D eigenvalue weighted by molar-refractivity contribution is -0.161. The third-order valence-corrected chi connectivity index (χ3v) is 18.0. The zero-order valence-electron chi connectivity index (χ0n) is 56.2. The van der Waals surface area contributed by atoms with Gasteiger partial charge in [0.1, 0.15) is 19.3 Å². The summed E-state index contributed by atoms with van der Waals surface area (Å²) in [5, 5.41) is 10.5. The second kappa shape index (κ2) is 61.6. The Morgan fingerprint density at radius 3 is 0.816 bits per heavy atom. The molecule has 0 fully saturated rings. The zero-order valence-corrected chi connectivity index (χ0v) is 57.9. The summed E-state index contributed by atoms with van der Waals surface area (Å²) in [6, 6.07) is 0. The normalized spacial score (nSPS) is 14.4. The van der Waals surface area contributed by atoms with Crippen LogP contribution in [0.1, 0.15) is 349 Å². The molecule has 3 unspecified atom stereocenters. The fourth-order valence-electron chi connectivity index (χ4n) is 10.3. The molecule has 0 bridgehead atoms. The van der Waals surface area contributed by atoms with Crippen molar-refractivity contribution in [3.63, 3.8) is 0 Å². The largest absolute Gasteiger partial charge is 0.472 e. The van der Waals surface area contributed by atoms with E-state index in [2.05, 4.69) is 34.6 Å². The lowest BCUT2D eigenvalue weighted by Crippen LogP contribution is -2.30. The molecule has 19 heteroatoms. The van der Waals surface area contributed by atoms with Crippen LogP contribution in [0.3, 0.4) is 0 Å². The maximum atomic E-state index is 13.0. The minimum atomic E-state index is -4.95. The van der Waals surface area contributed by atoms with E-state index in [0.29, 0.717) is 25.7 Å². The molecule has 0 amide bonds. The summed E-state index contributed by atoms with van der Waals surface area (Å²) in [5.74, 6) is -1.42. The lowest BCUT2D eigenvalue weighted by Gasteiger charge is -2.21. The van der Waals surface area contributed by atoms with Crippen LogP contribution >= 0.6 is 15.6 Å². The first-order valence-corrected chi connectivity index (χ1v) is 38.7. The third-order valence-electron chi connectivity index (χ3n) is 16.1. The Kier molecular flexibility index (Phi) is 60.2. The van der Waals surface area contributed by atoms with Gasteiger partial charge in [-0.05, 0) is 31.6 Å². The molecular weight excluding hydrogens is 1150 g/mol. The Hall–Kier alpha value is -1.94. The second-order valence-corrected chi connectivity index (χ2v) is 27.7. The quantitative estimate of drug-likeness (QED) is 0.0222. The summed E-state index contributed by atoms with van der Waals surface area (Å²) in [4.78, 5) is 72.1. The summed E-state index contributed by atoms with van der Waals surface area (Å²) in [5.41, 5.74) is 0. The standard InChI is InChI=1S/C68H132O17P2/c1-6-10-13-16-18-20-22-24-25-26-27-28-29-30-31-33-35-37-43-48-53-67(72)84-64(58-79-66(71)52-47-42-36-34-32-23-21-19-17-14-11-7-2)60-83-87(76,77)81-56-62(69)55-80-86(74,75)82-59-63(57-78-65(70)51-46-40-15-12-8-3)85-68(73)54-49-44-39-38-41-45-50-61(5)9-4/h61-64,69H,6-60H2,1-5H3,(H,74,75)(H,76,77)/t61?,62-,63+,64+/m0/s1. The number of ether oxygens (including phenoxy) is 4. The first kappa shape index (κ1) is 85.1. The van der Waals surface area contributed by atoms with Crippen molar-refractivity contribution in [3.8, 4) is 0 Å². The smallest absolute Gasteiger partial charge is 0.462 e. The molecule has 0 radical (unpaired) electrons. The van der Waals surface area contributed by atoms with Crippen LogP contribution < -0.4 is 0 Å². The molecule has 0 aliphatic carbocycles. The van der Waals surface area contributed by atoms with Crippen LogP contribution in [0, 0.1) is 5.92 Å².